The third-order valence-electron chi connectivity index (χ3n) is 3.42. The fraction of sp³-hybridized carbons (Fsp3) is 0.600. The second-order valence-electron chi connectivity index (χ2n) is 5.97. The van der Waals surface area contributed by atoms with Crippen LogP contribution in [0.4, 0.5) is 0 Å². The van der Waals surface area contributed by atoms with Crippen molar-refractivity contribution in [3.05, 3.63) is 29.3 Å². The third-order valence-corrected chi connectivity index (χ3v) is 5.49. The summed E-state index contributed by atoms with van der Waals surface area (Å²) in [6.07, 6.45) is 1.99. The van der Waals surface area contributed by atoms with Gasteiger partial charge in [-0.3, -0.25) is 0 Å². The summed E-state index contributed by atoms with van der Waals surface area (Å²) in [5, 5.41) is 0. The summed E-state index contributed by atoms with van der Waals surface area (Å²) in [5.41, 5.74) is 1.94. The van der Waals surface area contributed by atoms with Crippen LogP contribution >= 0.6 is 0 Å². The highest BCUT2D eigenvalue weighted by atomic mass is 32.2. The molecule has 0 aromatic heterocycles. The van der Waals surface area contributed by atoms with Crippen molar-refractivity contribution in [1.82, 2.24) is 4.31 Å². The Balaban J connectivity index is 2.38. The summed E-state index contributed by atoms with van der Waals surface area (Å²) in [6, 6.07) is 5.77. The standard InChI is InChI=1S/C15H23NO2S/c1-11(2)10-16(14-6-7-14)19(17,18)15-8-5-12(3)9-13(15)4/h5,8-9,11,14H,6-7,10H2,1-4H3. The van der Waals surface area contributed by atoms with Crippen LogP contribution in [-0.2, 0) is 10.0 Å². The quantitative estimate of drug-likeness (QED) is 0.831. The Kier molecular flexibility index (Phi) is 4.02. The lowest BCUT2D eigenvalue weighted by molar-refractivity contribution is 0.360. The average Bonchev–Trinajstić information content (AvgIpc) is 3.08. The van der Waals surface area contributed by atoms with E-state index >= 15 is 0 Å². The van der Waals surface area contributed by atoms with Gasteiger partial charge in [-0.05, 0) is 44.2 Å². The van der Waals surface area contributed by atoms with Gasteiger partial charge >= 0.3 is 0 Å². The molecular weight excluding hydrogens is 258 g/mol. The molecule has 0 atom stereocenters. The number of aryl methyl sites for hydroxylation is 2. The minimum atomic E-state index is -3.35. The number of rotatable bonds is 5. The first-order valence-electron chi connectivity index (χ1n) is 6.91. The molecule has 0 N–H and O–H groups in total. The zero-order valence-corrected chi connectivity index (χ0v) is 13.0. The fourth-order valence-electron chi connectivity index (χ4n) is 2.38. The minimum Gasteiger partial charge on any atom is -0.207 e. The van der Waals surface area contributed by atoms with E-state index in [9.17, 15) is 8.42 Å². The number of benzene rings is 1. The maximum absolute atomic E-state index is 12.8. The predicted octanol–water partition coefficient (Wildman–Crippen LogP) is 3.11. The third kappa shape index (κ3) is 3.18. The molecule has 0 radical (unpaired) electrons. The van der Waals surface area contributed by atoms with E-state index in [0.717, 1.165) is 24.0 Å². The van der Waals surface area contributed by atoms with Gasteiger partial charge in [0.05, 0.1) is 4.90 Å². The van der Waals surface area contributed by atoms with Gasteiger partial charge in [-0.15, -0.1) is 0 Å². The van der Waals surface area contributed by atoms with E-state index in [1.807, 2.05) is 26.0 Å². The Bertz CT molecular complexity index is 560. The van der Waals surface area contributed by atoms with Crippen LogP contribution in [0.2, 0.25) is 0 Å². The first-order valence-corrected chi connectivity index (χ1v) is 8.35. The van der Waals surface area contributed by atoms with Gasteiger partial charge in [0.1, 0.15) is 0 Å². The van der Waals surface area contributed by atoms with Crippen LogP contribution in [0.5, 0.6) is 0 Å². The molecular formula is C15H23NO2S. The van der Waals surface area contributed by atoms with Crippen molar-refractivity contribution in [1.29, 1.82) is 0 Å². The van der Waals surface area contributed by atoms with E-state index in [2.05, 4.69) is 13.8 Å². The van der Waals surface area contributed by atoms with Gasteiger partial charge in [-0.2, -0.15) is 4.31 Å². The molecule has 0 unspecified atom stereocenters. The van der Waals surface area contributed by atoms with Crippen LogP contribution in [0.25, 0.3) is 0 Å². The Morgan fingerprint density at radius 1 is 1.26 bits per heavy atom. The van der Waals surface area contributed by atoms with Crippen molar-refractivity contribution in [2.45, 2.75) is 51.5 Å². The van der Waals surface area contributed by atoms with E-state index in [-0.39, 0.29) is 6.04 Å². The molecule has 4 heteroatoms. The van der Waals surface area contributed by atoms with Gasteiger partial charge in [0.15, 0.2) is 0 Å². The summed E-state index contributed by atoms with van der Waals surface area (Å²) in [4.78, 5) is 0.464. The van der Waals surface area contributed by atoms with Gasteiger partial charge < -0.3 is 0 Å². The van der Waals surface area contributed by atoms with E-state index in [1.54, 1.807) is 10.4 Å². The summed E-state index contributed by atoms with van der Waals surface area (Å²) in [6.45, 7) is 8.59. The molecule has 1 saturated carbocycles. The van der Waals surface area contributed by atoms with Crippen molar-refractivity contribution < 1.29 is 8.42 Å². The molecule has 0 heterocycles. The van der Waals surface area contributed by atoms with Crippen molar-refractivity contribution >= 4 is 10.0 Å². The number of nitrogens with zero attached hydrogens (tertiary/aromatic N) is 1. The van der Waals surface area contributed by atoms with Crippen LogP contribution in [0.3, 0.4) is 0 Å². The van der Waals surface area contributed by atoms with Gasteiger partial charge in [-0.1, -0.05) is 31.5 Å². The monoisotopic (exact) mass is 281 g/mol. The molecule has 1 aliphatic rings. The summed E-state index contributed by atoms with van der Waals surface area (Å²) < 4.78 is 27.3. The molecule has 0 spiro atoms. The average molecular weight is 281 g/mol. The molecule has 2 rings (SSSR count). The zero-order valence-electron chi connectivity index (χ0n) is 12.2. The zero-order chi connectivity index (χ0) is 14.2. The first kappa shape index (κ1) is 14.5. The maximum atomic E-state index is 12.8. The number of sulfonamides is 1. The van der Waals surface area contributed by atoms with Gasteiger partial charge in [-0.25, -0.2) is 8.42 Å². The highest BCUT2D eigenvalue weighted by Crippen LogP contribution is 2.33. The topological polar surface area (TPSA) is 37.4 Å². The molecule has 1 aliphatic carbocycles. The van der Waals surface area contributed by atoms with E-state index in [1.165, 1.54) is 0 Å². The molecule has 3 nitrogen and oxygen atoms in total. The first-order chi connectivity index (χ1) is 8.82. The largest absolute Gasteiger partial charge is 0.243 e. The number of hydrogen-bond donors (Lipinski definition) is 0. The molecule has 0 aliphatic heterocycles. The van der Waals surface area contributed by atoms with Crippen molar-refractivity contribution in [3.8, 4) is 0 Å². The Morgan fingerprint density at radius 2 is 1.89 bits per heavy atom. The highest BCUT2D eigenvalue weighted by Gasteiger charge is 2.38. The van der Waals surface area contributed by atoms with Gasteiger partial charge in [0.2, 0.25) is 10.0 Å². The highest BCUT2D eigenvalue weighted by molar-refractivity contribution is 7.89. The Hall–Kier alpha value is -0.870. The van der Waals surface area contributed by atoms with E-state index in [0.29, 0.717) is 17.4 Å². The van der Waals surface area contributed by atoms with Crippen molar-refractivity contribution in [3.63, 3.8) is 0 Å². The summed E-state index contributed by atoms with van der Waals surface area (Å²) in [7, 11) is -3.35. The van der Waals surface area contributed by atoms with Crippen LogP contribution < -0.4 is 0 Å². The van der Waals surface area contributed by atoms with Crippen LogP contribution in [0, 0.1) is 19.8 Å². The summed E-state index contributed by atoms with van der Waals surface area (Å²) in [5.74, 6) is 0.348. The fourth-order valence-corrected chi connectivity index (χ4v) is 4.44. The van der Waals surface area contributed by atoms with Crippen LogP contribution in [0.15, 0.2) is 23.1 Å². The lowest BCUT2D eigenvalue weighted by Gasteiger charge is -2.24. The second kappa shape index (κ2) is 5.25. The SMILES string of the molecule is Cc1ccc(S(=O)(=O)N(CC(C)C)C2CC2)c(C)c1. The molecule has 0 bridgehead atoms. The van der Waals surface area contributed by atoms with Crippen LogP contribution in [-0.4, -0.2) is 25.3 Å². The van der Waals surface area contributed by atoms with Gasteiger partial charge in [0, 0.05) is 12.6 Å². The maximum Gasteiger partial charge on any atom is 0.243 e. The van der Waals surface area contributed by atoms with E-state index < -0.39 is 10.0 Å². The molecule has 106 valence electrons. The van der Waals surface area contributed by atoms with Crippen molar-refractivity contribution in [2.75, 3.05) is 6.54 Å². The van der Waals surface area contributed by atoms with Crippen LogP contribution in [0.1, 0.15) is 37.8 Å². The molecule has 1 aromatic carbocycles. The Morgan fingerprint density at radius 3 is 2.37 bits per heavy atom. The van der Waals surface area contributed by atoms with E-state index in [4.69, 9.17) is 0 Å². The molecule has 0 amide bonds. The minimum absolute atomic E-state index is 0.216. The Labute approximate surface area is 116 Å². The molecule has 1 fully saturated rings. The summed E-state index contributed by atoms with van der Waals surface area (Å²) >= 11 is 0. The predicted molar refractivity (Wildman–Crippen MR) is 77.7 cm³/mol. The second-order valence-corrected chi connectivity index (χ2v) is 7.83. The number of hydrogen-bond acceptors (Lipinski definition) is 2. The lowest BCUT2D eigenvalue weighted by Crippen LogP contribution is -2.36. The molecule has 0 saturated heterocycles. The normalized spacial score (nSPS) is 16.3. The lowest BCUT2D eigenvalue weighted by atomic mass is 10.2. The molecule has 19 heavy (non-hydrogen) atoms. The van der Waals surface area contributed by atoms with Gasteiger partial charge in [0.25, 0.3) is 0 Å². The molecule has 1 aromatic rings. The van der Waals surface area contributed by atoms with Crippen molar-refractivity contribution in [2.24, 2.45) is 5.92 Å². The smallest absolute Gasteiger partial charge is 0.207 e.